The largest absolute Gasteiger partial charge is 0.321 e. The average molecular weight is 191 g/mol. The van der Waals surface area contributed by atoms with E-state index in [0.29, 0.717) is 11.3 Å². The second-order valence-electron chi connectivity index (χ2n) is 5.66. The van der Waals surface area contributed by atoms with E-state index >= 15 is 0 Å². The van der Waals surface area contributed by atoms with Gasteiger partial charge in [-0.05, 0) is 37.0 Å². The number of hydrogen-bond acceptors (Lipinski definition) is 1. The van der Waals surface area contributed by atoms with E-state index in [1.807, 2.05) is 6.08 Å². The minimum Gasteiger partial charge on any atom is -0.321 e. The van der Waals surface area contributed by atoms with Crippen LogP contribution in [0.1, 0.15) is 33.6 Å². The molecule has 0 spiro atoms. The van der Waals surface area contributed by atoms with Crippen LogP contribution in [0.3, 0.4) is 0 Å². The van der Waals surface area contributed by atoms with Crippen LogP contribution in [0, 0.1) is 17.3 Å². The molecule has 0 saturated heterocycles. The van der Waals surface area contributed by atoms with Crippen LogP contribution in [-0.2, 0) is 0 Å². The predicted molar refractivity (Wildman–Crippen MR) is 60.9 cm³/mol. The van der Waals surface area contributed by atoms with Crippen LogP contribution in [0.4, 0.5) is 0 Å². The lowest BCUT2D eigenvalue weighted by Gasteiger charge is -2.62. The van der Waals surface area contributed by atoms with Gasteiger partial charge in [0, 0.05) is 5.54 Å². The molecule has 0 aromatic heterocycles. The summed E-state index contributed by atoms with van der Waals surface area (Å²) in [4.78, 5) is 0. The first-order valence-electron chi connectivity index (χ1n) is 5.51. The third kappa shape index (κ3) is 1.05. The van der Waals surface area contributed by atoms with Crippen molar-refractivity contribution in [2.75, 3.05) is 0 Å². The summed E-state index contributed by atoms with van der Waals surface area (Å²) in [5.41, 5.74) is 8.24. The van der Waals surface area contributed by atoms with Crippen molar-refractivity contribution in [3.05, 3.63) is 24.3 Å². The molecule has 3 atom stereocenters. The molecule has 0 aromatic carbocycles. The van der Waals surface area contributed by atoms with E-state index in [9.17, 15) is 0 Å². The van der Waals surface area contributed by atoms with E-state index in [0.717, 1.165) is 12.3 Å². The molecule has 3 rings (SSSR count). The minimum atomic E-state index is -0.121. The Morgan fingerprint density at radius 3 is 2.71 bits per heavy atom. The van der Waals surface area contributed by atoms with Gasteiger partial charge in [0.25, 0.3) is 0 Å². The Morgan fingerprint density at radius 2 is 2.29 bits per heavy atom. The van der Waals surface area contributed by atoms with Gasteiger partial charge in [0.2, 0.25) is 0 Å². The van der Waals surface area contributed by atoms with Crippen LogP contribution in [0.5, 0.6) is 0 Å². The molecule has 1 nitrogen and oxygen atoms in total. The summed E-state index contributed by atoms with van der Waals surface area (Å²) in [5, 5.41) is 0. The van der Waals surface area contributed by atoms with E-state index in [4.69, 9.17) is 5.73 Å². The maximum Gasteiger partial charge on any atom is 0.0410 e. The smallest absolute Gasteiger partial charge is 0.0410 e. The Bertz CT molecular complexity index is 300. The highest BCUT2D eigenvalue weighted by molar-refractivity contribution is 5.32. The zero-order chi connectivity index (χ0) is 10.6. The average Bonchev–Trinajstić information content (AvgIpc) is 2.01. The molecule has 1 fully saturated rings. The van der Waals surface area contributed by atoms with E-state index < -0.39 is 0 Å². The van der Waals surface area contributed by atoms with E-state index in [1.54, 1.807) is 0 Å². The fourth-order valence-corrected chi connectivity index (χ4v) is 3.69. The molecular weight excluding hydrogens is 170 g/mol. The Kier molecular flexibility index (Phi) is 1.94. The number of allylic oxidation sites excluding steroid dienone is 1. The van der Waals surface area contributed by atoms with Crippen molar-refractivity contribution < 1.29 is 0 Å². The van der Waals surface area contributed by atoms with E-state index in [2.05, 4.69) is 33.4 Å². The first-order valence-corrected chi connectivity index (χ1v) is 5.51. The van der Waals surface area contributed by atoms with Crippen LogP contribution in [-0.4, -0.2) is 5.54 Å². The fourth-order valence-electron chi connectivity index (χ4n) is 3.69. The van der Waals surface area contributed by atoms with Crippen LogP contribution < -0.4 is 5.73 Å². The van der Waals surface area contributed by atoms with E-state index in [-0.39, 0.29) is 5.54 Å². The molecule has 2 N–H and O–H groups in total. The van der Waals surface area contributed by atoms with Crippen molar-refractivity contribution in [2.45, 2.75) is 39.2 Å². The van der Waals surface area contributed by atoms with Gasteiger partial charge in [-0.25, -0.2) is 0 Å². The lowest BCUT2D eigenvalue weighted by molar-refractivity contribution is -0.0499. The van der Waals surface area contributed by atoms with Crippen molar-refractivity contribution >= 4 is 0 Å². The summed E-state index contributed by atoms with van der Waals surface area (Å²) in [6, 6.07) is 0. The van der Waals surface area contributed by atoms with Gasteiger partial charge in [-0.3, -0.25) is 0 Å². The SMILES string of the molecule is C=CC[C@]1(N)C=C(C)C2CC1C2(C)C. The highest BCUT2D eigenvalue weighted by atomic mass is 14.8. The van der Waals surface area contributed by atoms with Crippen molar-refractivity contribution in [1.82, 2.24) is 0 Å². The lowest BCUT2D eigenvalue weighted by Crippen LogP contribution is -2.63. The van der Waals surface area contributed by atoms with Crippen molar-refractivity contribution in [3.8, 4) is 0 Å². The molecule has 3 aliphatic rings. The molecule has 0 heterocycles. The summed E-state index contributed by atoms with van der Waals surface area (Å²) in [5.74, 6) is 1.41. The quantitative estimate of drug-likeness (QED) is 0.667. The highest BCUT2D eigenvalue weighted by Gasteiger charge is 2.58. The normalized spacial score (nSPS) is 43.9. The van der Waals surface area contributed by atoms with E-state index in [1.165, 1.54) is 12.0 Å². The number of hydrogen-bond donors (Lipinski definition) is 1. The molecule has 78 valence electrons. The molecule has 1 heteroatoms. The number of fused-ring (bicyclic) bond motifs is 1. The maximum atomic E-state index is 6.47. The molecule has 0 amide bonds. The molecule has 0 aliphatic heterocycles. The predicted octanol–water partition coefficient (Wildman–Crippen LogP) is 2.88. The molecule has 1 saturated carbocycles. The monoisotopic (exact) mass is 191 g/mol. The van der Waals surface area contributed by atoms with Gasteiger partial charge in [-0.2, -0.15) is 0 Å². The Balaban J connectivity index is 2.37. The third-order valence-corrected chi connectivity index (χ3v) is 4.46. The lowest BCUT2D eigenvalue weighted by atomic mass is 9.43. The summed E-state index contributed by atoms with van der Waals surface area (Å²) in [6.07, 6.45) is 6.43. The van der Waals surface area contributed by atoms with Gasteiger partial charge < -0.3 is 5.73 Å². The summed E-state index contributed by atoms with van der Waals surface area (Å²) in [6.45, 7) is 10.8. The van der Waals surface area contributed by atoms with Crippen LogP contribution >= 0.6 is 0 Å². The van der Waals surface area contributed by atoms with Crippen LogP contribution in [0.25, 0.3) is 0 Å². The Hall–Kier alpha value is -0.560. The van der Waals surface area contributed by atoms with Gasteiger partial charge in [-0.1, -0.05) is 31.6 Å². The molecule has 14 heavy (non-hydrogen) atoms. The molecule has 2 unspecified atom stereocenters. The maximum absolute atomic E-state index is 6.47. The molecule has 0 aromatic rings. The number of rotatable bonds is 2. The molecule has 0 radical (unpaired) electrons. The summed E-state index contributed by atoms with van der Waals surface area (Å²) in [7, 11) is 0. The van der Waals surface area contributed by atoms with Crippen molar-refractivity contribution in [3.63, 3.8) is 0 Å². The zero-order valence-electron chi connectivity index (χ0n) is 9.51. The zero-order valence-corrected chi connectivity index (χ0v) is 9.51. The van der Waals surface area contributed by atoms with Gasteiger partial charge in [0.15, 0.2) is 0 Å². The third-order valence-electron chi connectivity index (χ3n) is 4.46. The fraction of sp³-hybridized carbons (Fsp3) is 0.692. The Morgan fingerprint density at radius 1 is 1.64 bits per heavy atom. The minimum absolute atomic E-state index is 0.121. The topological polar surface area (TPSA) is 26.0 Å². The first kappa shape index (κ1) is 9.97. The van der Waals surface area contributed by atoms with Crippen LogP contribution in [0.2, 0.25) is 0 Å². The molecular formula is C13H21N. The number of nitrogens with two attached hydrogens (primary N) is 1. The standard InChI is InChI=1S/C13H21N/c1-5-6-13(14)8-9(2)10-7-11(13)12(10,3)4/h5,8,10-11H,1,6-7,14H2,2-4H3/t10?,11?,13-/m0/s1. The second-order valence-corrected chi connectivity index (χ2v) is 5.66. The second kappa shape index (κ2) is 2.73. The first-order chi connectivity index (χ1) is 6.42. The van der Waals surface area contributed by atoms with Gasteiger partial charge >= 0.3 is 0 Å². The summed E-state index contributed by atoms with van der Waals surface area (Å²) < 4.78 is 0. The van der Waals surface area contributed by atoms with Gasteiger partial charge in [0.05, 0.1) is 0 Å². The van der Waals surface area contributed by atoms with Gasteiger partial charge in [0.1, 0.15) is 0 Å². The van der Waals surface area contributed by atoms with Gasteiger partial charge in [-0.15, -0.1) is 6.58 Å². The van der Waals surface area contributed by atoms with Crippen molar-refractivity contribution in [2.24, 2.45) is 23.0 Å². The molecule has 2 bridgehead atoms. The summed E-state index contributed by atoms with van der Waals surface area (Å²) >= 11 is 0. The van der Waals surface area contributed by atoms with Crippen molar-refractivity contribution in [1.29, 1.82) is 0 Å². The van der Waals surface area contributed by atoms with Crippen LogP contribution in [0.15, 0.2) is 24.3 Å². The highest BCUT2D eigenvalue weighted by Crippen LogP contribution is 2.62. The Labute approximate surface area is 87.1 Å². The molecule has 3 aliphatic carbocycles.